The van der Waals surface area contributed by atoms with Gasteiger partial charge in [0.05, 0.1) is 13.2 Å². The van der Waals surface area contributed by atoms with Crippen molar-refractivity contribution in [3.8, 4) is 5.75 Å². The first kappa shape index (κ1) is 18.4. The second-order valence-electron chi connectivity index (χ2n) is 7.69. The average molecular weight is 369 g/mol. The fraction of sp³-hybridized carbons (Fsp3) is 0.455. The van der Waals surface area contributed by atoms with Crippen LogP contribution in [-0.2, 0) is 5.54 Å². The van der Waals surface area contributed by atoms with E-state index in [1.54, 1.807) is 19.2 Å². The lowest BCUT2D eigenvalue weighted by atomic mass is 9.86. The van der Waals surface area contributed by atoms with Crippen molar-refractivity contribution in [1.82, 2.24) is 16.2 Å². The van der Waals surface area contributed by atoms with Crippen LogP contribution in [0.15, 0.2) is 48.5 Å². The van der Waals surface area contributed by atoms with Crippen molar-refractivity contribution in [2.24, 2.45) is 5.92 Å². The zero-order valence-corrected chi connectivity index (χ0v) is 15.8. The second kappa shape index (κ2) is 7.97. The van der Waals surface area contributed by atoms with Gasteiger partial charge in [0.1, 0.15) is 11.6 Å². The summed E-state index contributed by atoms with van der Waals surface area (Å²) in [4.78, 5) is 0. The van der Waals surface area contributed by atoms with Gasteiger partial charge in [-0.05, 0) is 36.6 Å². The molecule has 2 aromatic rings. The lowest BCUT2D eigenvalue weighted by Gasteiger charge is -2.33. The molecule has 1 aliphatic heterocycles. The number of hydrogen-bond donors (Lipinski definition) is 3. The molecule has 4 rings (SSSR count). The molecular formula is C22H28FN3O. The topological polar surface area (TPSA) is 45.3 Å². The van der Waals surface area contributed by atoms with E-state index in [1.807, 2.05) is 24.3 Å². The molecule has 144 valence electrons. The van der Waals surface area contributed by atoms with Crippen LogP contribution in [-0.4, -0.2) is 20.2 Å². The normalized spacial score (nSPS) is 24.2. The van der Waals surface area contributed by atoms with Crippen molar-refractivity contribution in [2.45, 2.75) is 37.3 Å². The van der Waals surface area contributed by atoms with Gasteiger partial charge in [0.2, 0.25) is 0 Å². The van der Waals surface area contributed by atoms with Gasteiger partial charge >= 0.3 is 0 Å². The summed E-state index contributed by atoms with van der Waals surface area (Å²) in [6.45, 7) is 1.71. The number of hydrazine groups is 1. The molecule has 0 bridgehead atoms. The molecule has 0 radical (unpaired) electrons. The number of ether oxygens (including phenoxy) is 1. The maximum Gasteiger partial charge on any atom is 0.128 e. The molecule has 1 saturated heterocycles. The molecule has 2 aliphatic rings. The summed E-state index contributed by atoms with van der Waals surface area (Å²) in [5, 5.41) is 3.77. The lowest BCUT2D eigenvalue weighted by molar-refractivity contribution is 0.295. The summed E-state index contributed by atoms with van der Waals surface area (Å²) >= 11 is 0. The van der Waals surface area contributed by atoms with Crippen LogP contribution in [0.1, 0.15) is 42.9 Å². The van der Waals surface area contributed by atoms with E-state index in [2.05, 4.69) is 28.3 Å². The summed E-state index contributed by atoms with van der Waals surface area (Å²) in [5.41, 5.74) is 8.47. The molecule has 1 heterocycles. The molecule has 3 N–H and O–H groups in total. The average Bonchev–Trinajstić information content (AvgIpc) is 3.37. The van der Waals surface area contributed by atoms with Gasteiger partial charge in [0.25, 0.3) is 0 Å². The first-order chi connectivity index (χ1) is 13.2. The van der Waals surface area contributed by atoms with Crippen LogP contribution in [0.4, 0.5) is 4.39 Å². The van der Waals surface area contributed by atoms with E-state index in [4.69, 9.17) is 4.74 Å². The Bertz CT molecular complexity index is 776. The molecule has 5 heteroatoms. The lowest BCUT2D eigenvalue weighted by Crippen LogP contribution is -2.44. The minimum Gasteiger partial charge on any atom is -0.497 e. The SMILES string of the molecule is COc1cccc(C2NNCC2CNC2(c3ccccc3F)CCCC2)c1. The molecule has 1 aliphatic carbocycles. The third-order valence-corrected chi connectivity index (χ3v) is 6.10. The Labute approximate surface area is 160 Å². The van der Waals surface area contributed by atoms with E-state index in [0.29, 0.717) is 5.92 Å². The fourth-order valence-corrected chi connectivity index (χ4v) is 4.61. The minimum absolute atomic E-state index is 0.0982. The van der Waals surface area contributed by atoms with E-state index in [-0.39, 0.29) is 17.4 Å². The first-order valence-electron chi connectivity index (χ1n) is 9.84. The molecule has 4 nitrogen and oxygen atoms in total. The Hall–Kier alpha value is -1.95. The van der Waals surface area contributed by atoms with Crippen LogP contribution < -0.4 is 20.9 Å². The van der Waals surface area contributed by atoms with Crippen LogP contribution in [0.3, 0.4) is 0 Å². The van der Waals surface area contributed by atoms with Crippen LogP contribution in [0.2, 0.25) is 0 Å². The molecule has 2 atom stereocenters. The maximum atomic E-state index is 14.5. The van der Waals surface area contributed by atoms with Crippen molar-refractivity contribution in [2.75, 3.05) is 20.2 Å². The summed E-state index contributed by atoms with van der Waals surface area (Å²) < 4.78 is 19.9. The Morgan fingerprint density at radius 2 is 1.96 bits per heavy atom. The summed E-state index contributed by atoms with van der Waals surface area (Å²) in [5.74, 6) is 1.15. The van der Waals surface area contributed by atoms with Crippen LogP contribution in [0, 0.1) is 11.7 Å². The zero-order chi connectivity index (χ0) is 18.7. The number of nitrogens with one attached hydrogen (secondary N) is 3. The monoisotopic (exact) mass is 369 g/mol. The molecule has 0 aromatic heterocycles. The van der Waals surface area contributed by atoms with E-state index in [0.717, 1.165) is 50.1 Å². The second-order valence-corrected chi connectivity index (χ2v) is 7.69. The molecule has 2 aromatic carbocycles. The highest BCUT2D eigenvalue weighted by Gasteiger charge is 2.39. The number of rotatable bonds is 6. The molecule has 27 heavy (non-hydrogen) atoms. The van der Waals surface area contributed by atoms with Crippen molar-refractivity contribution in [3.05, 3.63) is 65.5 Å². The number of hydrogen-bond acceptors (Lipinski definition) is 4. The van der Waals surface area contributed by atoms with Gasteiger partial charge in [-0.3, -0.25) is 5.43 Å². The van der Waals surface area contributed by atoms with Gasteiger partial charge in [-0.15, -0.1) is 0 Å². The quantitative estimate of drug-likeness (QED) is 0.727. The Kier molecular flexibility index (Phi) is 5.43. The van der Waals surface area contributed by atoms with Gasteiger partial charge in [0, 0.05) is 30.1 Å². The number of benzene rings is 2. The highest BCUT2D eigenvalue weighted by molar-refractivity contribution is 5.32. The maximum absolute atomic E-state index is 14.5. The minimum atomic E-state index is -0.243. The number of methoxy groups -OCH3 is 1. The Balaban J connectivity index is 1.51. The van der Waals surface area contributed by atoms with Crippen LogP contribution >= 0.6 is 0 Å². The third-order valence-electron chi connectivity index (χ3n) is 6.10. The molecular weight excluding hydrogens is 341 g/mol. The predicted octanol–water partition coefficient (Wildman–Crippen LogP) is 3.66. The van der Waals surface area contributed by atoms with E-state index < -0.39 is 0 Å². The molecule has 2 unspecified atom stereocenters. The van der Waals surface area contributed by atoms with E-state index in [1.165, 1.54) is 5.56 Å². The smallest absolute Gasteiger partial charge is 0.128 e. The highest BCUT2D eigenvalue weighted by atomic mass is 19.1. The number of halogens is 1. The van der Waals surface area contributed by atoms with Crippen molar-refractivity contribution < 1.29 is 9.13 Å². The standard InChI is InChI=1S/C22H28FN3O/c1-27-18-8-6-7-16(13-18)21-17(15-25-26-21)14-24-22(11-4-5-12-22)19-9-2-3-10-20(19)23/h2-3,6-10,13,17,21,24-26H,4-5,11-12,14-15H2,1H3. The van der Waals surface area contributed by atoms with Gasteiger partial charge in [-0.2, -0.15) is 0 Å². The molecule has 2 fully saturated rings. The third kappa shape index (κ3) is 3.72. The summed E-state index contributed by atoms with van der Waals surface area (Å²) in [6, 6.07) is 15.6. The summed E-state index contributed by atoms with van der Waals surface area (Å²) in [6.07, 6.45) is 4.26. The van der Waals surface area contributed by atoms with Gasteiger partial charge in [-0.25, -0.2) is 9.82 Å². The summed E-state index contributed by atoms with van der Waals surface area (Å²) in [7, 11) is 1.69. The van der Waals surface area contributed by atoms with Gasteiger partial charge in [0.15, 0.2) is 0 Å². The predicted molar refractivity (Wildman–Crippen MR) is 105 cm³/mol. The van der Waals surface area contributed by atoms with Gasteiger partial charge in [-0.1, -0.05) is 43.2 Å². The van der Waals surface area contributed by atoms with Crippen molar-refractivity contribution in [3.63, 3.8) is 0 Å². The molecule has 0 amide bonds. The first-order valence-corrected chi connectivity index (χ1v) is 9.84. The fourth-order valence-electron chi connectivity index (χ4n) is 4.61. The Morgan fingerprint density at radius 3 is 2.74 bits per heavy atom. The Morgan fingerprint density at radius 1 is 1.15 bits per heavy atom. The zero-order valence-electron chi connectivity index (χ0n) is 15.8. The highest BCUT2D eigenvalue weighted by Crippen LogP contribution is 2.40. The molecule has 1 saturated carbocycles. The van der Waals surface area contributed by atoms with E-state index in [9.17, 15) is 4.39 Å². The van der Waals surface area contributed by atoms with Crippen LogP contribution in [0.25, 0.3) is 0 Å². The van der Waals surface area contributed by atoms with Gasteiger partial charge < -0.3 is 10.1 Å². The van der Waals surface area contributed by atoms with Crippen molar-refractivity contribution >= 4 is 0 Å². The molecule has 0 spiro atoms. The van der Waals surface area contributed by atoms with Crippen molar-refractivity contribution in [1.29, 1.82) is 0 Å². The van der Waals surface area contributed by atoms with E-state index >= 15 is 0 Å². The van der Waals surface area contributed by atoms with Crippen LogP contribution in [0.5, 0.6) is 5.75 Å². The largest absolute Gasteiger partial charge is 0.497 e.